The Labute approximate surface area is 139 Å². The summed E-state index contributed by atoms with van der Waals surface area (Å²) >= 11 is 5.97. The van der Waals surface area contributed by atoms with Crippen molar-refractivity contribution in [3.8, 4) is 5.69 Å². The number of halogens is 1. The van der Waals surface area contributed by atoms with Crippen LogP contribution in [-0.2, 0) is 16.0 Å². The Balaban J connectivity index is 2.05. The van der Waals surface area contributed by atoms with E-state index in [0.29, 0.717) is 11.6 Å². The maximum atomic E-state index is 11.7. The van der Waals surface area contributed by atoms with Crippen LogP contribution in [0.15, 0.2) is 42.6 Å². The molecular formula is C18H17ClN2O2. The minimum Gasteiger partial charge on any atom is -0.466 e. The van der Waals surface area contributed by atoms with Gasteiger partial charge in [0.25, 0.3) is 0 Å². The topological polar surface area (TPSA) is 44.1 Å². The van der Waals surface area contributed by atoms with Crippen LogP contribution in [0.3, 0.4) is 0 Å². The highest BCUT2D eigenvalue weighted by molar-refractivity contribution is 6.30. The zero-order valence-electron chi connectivity index (χ0n) is 13.0. The highest BCUT2D eigenvalue weighted by Crippen LogP contribution is 2.24. The predicted octanol–water partition coefficient (Wildman–Crippen LogP) is 4.09. The molecule has 5 heteroatoms. The van der Waals surface area contributed by atoms with Gasteiger partial charge < -0.3 is 9.30 Å². The number of ether oxygens (including phenoxy) is 1. The molecule has 3 rings (SSSR count). The van der Waals surface area contributed by atoms with Crippen LogP contribution < -0.4 is 0 Å². The molecule has 0 N–H and O–H groups in total. The smallest absolute Gasteiger partial charge is 0.310 e. The van der Waals surface area contributed by atoms with E-state index < -0.39 is 0 Å². The molecule has 0 radical (unpaired) electrons. The Kier molecular flexibility index (Phi) is 4.35. The molecule has 3 aromatic rings. The Morgan fingerprint density at radius 3 is 2.70 bits per heavy atom. The second-order valence-electron chi connectivity index (χ2n) is 5.33. The van der Waals surface area contributed by atoms with Gasteiger partial charge in [0.1, 0.15) is 0 Å². The Morgan fingerprint density at radius 2 is 2.00 bits per heavy atom. The molecule has 0 amide bonds. The van der Waals surface area contributed by atoms with Gasteiger partial charge >= 0.3 is 5.97 Å². The molecule has 0 aliphatic carbocycles. The van der Waals surface area contributed by atoms with Crippen LogP contribution in [0.1, 0.15) is 18.2 Å². The van der Waals surface area contributed by atoms with Crippen LogP contribution in [0.5, 0.6) is 0 Å². The number of hydrogen-bond acceptors (Lipinski definition) is 3. The summed E-state index contributed by atoms with van der Waals surface area (Å²) in [6.07, 6.45) is 1.95. The van der Waals surface area contributed by atoms with Crippen molar-refractivity contribution < 1.29 is 9.53 Å². The first kappa shape index (κ1) is 15.6. The molecule has 0 unspecified atom stereocenters. The molecular weight excluding hydrogens is 312 g/mol. The standard InChI is InChI=1S/C18H17ClN2O2/c1-3-23-18(22)10-13-9-17-16(20-11-13)8-12(2)21(17)15-6-4-14(19)5-7-15/h4-9,11H,3,10H2,1-2H3. The molecule has 0 fully saturated rings. The molecule has 0 saturated heterocycles. The number of rotatable bonds is 4. The average Bonchev–Trinajstić information content (AvgIpc) is 2.84. The molecule has 23 heavy (non-hydrogen) atoms. The first-order chi connectivity index (χ1) is 11.1. The number of pyridine rings is 1. The van der Waals surface area contributed by atoms with Crippen LogP contribution in [0.2, 0.25) is 5.02 Å². The molecule has 1 aromatic carbocycles. The lowest BCUT2D eigenvalue weighted by Gasteiger charge is -2.09. The van der Waals surface area contributed by atoms with Crippen LogP contribution in [0, 0.1) is 6.92 Å². The first-order valence-electron chi connectivity index (χ1n) is 7.47. The monoisotopic (exact) mass is 328 g/mol. The van der Waals surface area contributed by atoms with E-state index in [9.17, 15) is 4.79 Å². The SMILES string of the molecule is CCOC(=O)Cc1cnc2cc(C)n(-c3ccc(Cl)cc3)c2c1. The van der Waals surface area contributed by atoms with Gasteiger partial charge in [0.2, 0.25) is 0 Å². The molecule has 118 valence electrons. The molecule has 0 saturated carbocycles. The number of carbonyl (C=O) groups excluding carboxylic acids is 1. The Bertz CT molecular complexity index is 853. The van der Waals surface area contributed by atoms with Gasteiger partial charge in [-0.15, -0.1) is 0 Å². The zero-order valence-corrected chi connectivity index (χ0v) is 13.8. The van der Waals surface area contributed by atoms with E-state index in [1.165, 1.54) is 0 Å². The van der Waals surface area contributed by atoms with E-state index >= 15 is 0 Å². The van der Waals surface area contributed by atoms with Crippen molar-refractivity contribution in [2.24, 2.45) is 0 Å². The van der Waals surface area contributed by atoms with Crippen LogP contribution in [0.25, 0.3) is 16.7 Å². The zero-order chi connectivity index (χ0) is 16.4. The molecule has 0 atom stereocenters. The third-order valence-electron chi connectivity index (χ3n) is 3.63. The lowest BCUT2D eigenvalue weighted by Crippen LogP contribution is -2.07. The van der Waals surface area contributed by atoms with Crippen LogP contribution in [-0.4, -0.2) is 22.1 Å². The fourth-order valence-electron chi connectivity index (χ4n) is 2.66. The second-order valence-corrected chi connectivity index (χ2v) is 5.76. The molecule has 4 nitrogen and oxygen atoms in total. The normalized spacial score (nSPS) is 10.9. The number of esters is 1. The molecule has 0 bridgehead atoms. The highest BCUT2D eigenvalue weighted by atomic mass is 35.5. The van der Waals surface area contributed by atoms with Crippen molar-refractivity contribution in [1.29, 1.82) is 0 Å². The number of fused-ring (bicyclic) bond motifs is 1. The van der Waals surface area contributed by atoms with Gasteiger partial charge in [-0.3, -0.25) is 9.78 Å². The van der Waals surface area contributed by atoms with Crippen molar-refractivity contribution in [2.45, 2.75) is 20.3 Å². The summed E-state index contributed by atoms with van der Waals surface area (Å²) in [6.45, 7) is 4.21. The van der Waals surface area contributed by atoms with E-state index in [0.717, 1.165) is 28.0 Å². The van der Waals surface area contributed by atoms with Gasteiger partial charge in [-0.25, -0.2) is 0 Å². The quantitative estimate of drug-likeness (QED) is 0.677. The van der Waals surface area contributed by atoms with Gasteiger partial charge in [0.05, 0.1) is 24.1 Å². The maximum Gasteiger partial charge on any atom is 0.310 e. The van der Waals surface area contributed by atoms with E-state index in [2.05, 4.69) is 9.55 Å². The number of hydrogen-bond donors (Lipinski definition) is 0. The summed E-state index contributed by atoms with van der Waals surface area (Å²) in [5.41, 5.74) is 4.78. The van der Waals surface area contributed by atoms with Crippen molar-refractivity contribution in [1.82, 2.24) is 9.55 Å². The van der Waals surface area contributed by atoms with E-state index in [4.69, 9.17) is 16.3 Å². The van der Waals surface area contributed by atoms with Crippen molar-refractivity contribution >= 4 is 28.6 Å². The molecule has 0 spiro atoms. The summed E-state index contributed by atoms with van der Waals surface area (Å²) in [4.78, 5) is 16.1. The van der Waals surface area contributed by atoms with Crippen LogP contribution in [0.4, 0.5) is 0 Å². The van der Waals surface area contributed by atoms with E-state index in [1.807, 2.05) is 43.3 Å². The Morgan fingerprint density at radius 1 is 1.26 bits per heavy atom. The molecule has 0 aliphatic heterocycles. The number of aryl methyl sites for hydroxylation is 1. The first-order valence-corrected chi connectivity index (χ1v) is 7.85. The molecule has 2 aromatic heterocycles. The number of benzene rings is 1. The van der Waals surface area contributed by atoms with E-state index in [1.54, 1.807) is 13.1 Å². The fraction of sp³-hybridized carbons (Fsp3) is 0.222. The Hall–Kier alpha value is -2.33. The summed E-state index contributed by atoms with van der Waals surface area (Å²) in [6, 6.07) is 11.7. The summed E-state index contributed by atoms with van der Waals surface area (Å²) < 4.78 is 7.11. The van der Waals surface area contributed by atoms with Crippen molar-refractivity contribution in [2.75, 3.05) is 6.61 Å². The number of carbonyl (C=O) groups is 1. The van der Waals surface area contributed by atoms with Crippen molar-refractivity contribution in [3.63, 3.8) is 0 Å². The van der Waals surface area contributed by atoms with Gasteiger partial charge in [-0.2, -0.15) is 0 Å². The average molecular weight is 329 g/mol. The molecule has 0 aliphatic rings. The third kappa shape index (κ3) is 3.22. The summed E-state index contributed by atoms with van der Waals surface area (Å²) in [5.74, 6) is -0.241. The maximum absolute atomic E-state index is 11.7. The lowest BCUT2D eigenvalue weighted by molar-refractivity contribution is -0.142. The number of nitrogens with zero attached hydrogens (tertiary/aromatic N) is 2. The largest absolute Gasteiger partial charge is 0.466 e. The molecule has 2 heterocycles. The summed E-state index contributed by atoms with van der Waals surface area (Å²) in [5, 5.41) is 0.698. The van der Waals surface area contributed by atoms with Gasteiger partial charge in [-0.05, 0) is 55.8 Å². The van der Waals surface area contributed by atoms with Crippen LogP contribution >= 0.6 is 11.6 Å². The van der Waals surface area contributed by atoms with E-state index in [-0.39, 0.29) is 12.4 Å². The van der Waals surface area contributed by atoms with Gasteiger partial charge in [0, 0.05) is 22.6 Å². The lowest BCUT2D eigenvalue weighted by atomic mass is 10.2. The summed E-state index contributed by atoms with van der Waals surface area (Å²) in [7, 11) is 0. The second kappa shape index (κ2) is 6.42. The van der Waals surface area contributed by atoms with Crippen molar-refractivity contribution in [3.05, 3.63) is 58.9 Å². The predicted molar refractivity (Wildman–Crippen MR) is 91.2 cm³/mol. The minimum atomic E-state index is -0.241. The van der Waals surface area contributed by atoms with Gasteiger partial charge in [0.15, 0.2) is 0 Å². The minimum absolute atomic E-state index is 0.224. The third-order valence-corrected chi connectivity index (χ3v) is 3.88. The van der Waals surface area contributed by atoms with Gasteiger partial charge in [-0.1, -0.05) is 11.6 Å². The highest BCUT2D eigenvalue weighted by Gasteiger charge is 2.11. The number of aromatic nitrogens is 2. The fourth-order valence-corrected chi connectivity index (χ4v) is 2.78.